The van der Waals surface area contributed by atoms with Crippen LogP contribution in [0.5, 0.6) is 0 Å². The van der Waals surface area contributed by atoms with Gasteiger partial charge in [-0.15, -0.1) is 23.1 Å². The number of amides is 2. The third kappa shape index (κ3) is 4.07. The number of nitrogen functional groups attached to an aromatic ring is 1. The first kappa shape index (κ1) is 23.8. The number of hydrogen-bond acceptors (Lipinski definition) is 9. The summed E-state index contributed by atoms with van der Waals surface area (Å²) in [6.45, 7) is 2.31. The molecule has 3 aromatic heterocycles. The quantitative estimate of drug-likeness (QED) is 0.172. The molecule has 2 aliphatic heterocycles. The third-order valence-corrected chi connectivity index (χ3v) is 7.88. The van der Waals surface area contributed by atoms with Gasteiger partial charge in [0.25, 0.3) is 17.5 Å². The number of hydrogen-bond donors (Lipinski definition) is 3. The van der Waals surface area contributed by atoms with E-state index in [-0.39, 0.29) is 22.2 Å². The highest BCUT2D eigenvalue weighted by Crippen LogP contribution is 2.40. The van der Waals surface area contributed by atoms with Crippen molar-refractivity contribution in [2.45, 2.75) is 24.9 Å². The van der Waals surface area contributed by atoms with Crippen LogP contribution in [0.3, 0.4) is 0 Å². The van der Waals surface area contributed by atoms with Crippen molar-refractivity contribution in [3.8, 4) is 0 Å². The average molecular weight is 529 g/mol. The molecule has 2 atom stereocenters. The summed E-state index contributed by atoms with van der Waals surface area (Å²) in [4.78, 5) is 48.2. The maximum atomic E-state index is 13.1. The number of nitrogens with zero attached hydrogens (tertiary/aromatic N) is 5. The summed E-state index contributed by atoms with van der Waals surface area (Å²) >= 11 is 2.53. The number of carbonyl (C=O) groups is 3. The van der Waals surface area contributed by atoms with Gasteiger partial charge in [0.2, 0.25) is 0 Å². The number of fused-ring (bicyclic) bond motifs is 2. The molecular formula is C22H22N7O5S2+. The number of β-lactam (4-membered cyclic amide) rings is 1. The summed E-state index contributed by atoms with van der Waals surface area (Å²) < 4.78 is 3.90. The van der Waals surface area contributed by atoms with Crippen molar-refractivity contribution < 1.29 is 28.9 Å². The third-order valence-electron chi connectivity index (χ3n) is 5.86. The van der Waals surface area contributed by atoms with Crippen LogP contribution in [0.2, 0.25) is 0 Å². The van der Waals surface area contributed by atoms with Crippen molar-refractivity contribution in [1.82, 2.24) is 19.6 Å². The molecule has 3 aromatic rings. The Bertz CT molecular complexity index is 1460. The smallest absolute Gasteiger partial charge is 0.352 e. The minimum atomic E-state index is -1.19. The van der Waals surface area contributed by atoms with Gasteiger partial charge in [0, 0.05) is 22.8 Å². The van der Waals surface area contributed by atoms with E-state index in [2.05, 4.69) is 15.5 Å². The molecule has 0 radical (unpaired) electrons. The molecule has 2 amide bonds. The summed E-state index contributed by atoms with van der Waals surface area (Å²) in [6, 6.07) is 3.03. The van der Waals surface area contributed by atoms with Crippen molar-refractivity contribution >= 4 is 57.4 Å². The summed E-state index contributed by atoms with van der Waals surface area (Å²) in [6.07, 6.45) is 5.76. The van der Waals surface area contributed by atoms with Gasteiger partial charge in [-0.1, -0.05) is 5.16 Å². The van der Waals surface area contributed by atoms with Crippen LogP contribution in [0.15, 0.2) is 52.5 Å². The number of carboxylic acid groups (broad SMARTS) is 1. The number of oxime groups is 1. The van der Waals surface area contributed by atoms with Gasteiger partial charge in [0.05, 0.1) is 6.20 Å². The number of nitrogens with two attached hydrogens (primary N) is 1. The van der Waals surface area contributed by atoms with Crippen molar-refractivity contribution in [2.75, 3.05) is 18.6 Å². The van der Waals surface area contributed by atoms with Crippen LogP contribution in [-0.4, -0.2) is 67.2 Å². The Morgan fingerprint density at radius 3 is 2.92 bits per heavy atom. The molecule has 2 aliphatic rings. The van der Waals surface area contributed by atoms with Crippen molar-refractivity contribution in [3.05, 3.63) is 58.6 Å². The van der Waals surface area contributed by atoms with E-state index in [4.69, 9.17) is 10.6 Å². The van der Waals surface area contributed by atoms with Crippen LogP contribution in [0.25, 0.3) is 5.65 Å². The maximum Gasteiger partial charge on any atom is 0.352 e. The minimum absolute atomic E-state index is 0.0498. The van der Waals surface area contributed by atoms with Gasteiger partial charge in [-0.2, -0.15) is 0 Å². The Kier molecular flexibility index (Phi) is 6.14. The van der Waals surface area contributed by atoms with E-state index in [9.17, 15) is 19.5 Å². The van der Waals surface area contributed by atoms with Gasteiger partial charge in [0.1, 0.15) is 48.9 Å². The summed E-state index contributed by atoms with van der Waals surface area (Å²) in [7, 11) is 1.29. The number of aryl methyl sites for hydroxylation is 1. The van der Waals surface area contributed by atoms with Gasteiger partial charge < -0.3 is 21.0 Å². The van der Waals surface area contributed by atoms with E-state index < -0.39 is 29.2 Å². The van der Waals surface area contributed by atoms with Crippen LogP contribution in [0, 0.1) is 6.92 Å². The van der Waals surface area contributed by atoms with Crippen molar-refractivity contribution in [2.24, 2.45) is 5.16 Å². The lowest BCUT2D eigenvalue weighted by molar-refractivity contribution is -0.662. The van der Waals surface area contributed by atoms with E-state index in [1.54, 1.807) is 5.38 Å². The van der Waals surface area contributed by atoms with E-state index in [1.165, 1.54) is 23.8 Å². The fourth-order valence-corrected chi connectivity index (χ4v) is 6.14. The molecule has 0 bridgehead atoms. The number of thiazole rings is 1. The van der Waals surface area contributed by atoms with Gasteiger partial charge in [-0.25, -0.2) is 18.7 Å². The summed E-state index contributed by atoms with van der Waals surface area (Å²) in [5.41, 5.74) is 8.31. The second kappa shape index (κ2) is 9.28. The molecule has 0 spiro atoms. The highest BCUT2D eigenvalue weighted by Gasteiger charge is 2.54. The molecule has 0 aliphatic carbocycles. The zero-order valence-corrected chi connectivity index (χ0v) is 20.9. The highest BCUT2D eigenvalue weighted by molar-refractivity contribution is 8.00. The molecule has 0 aromatic carbocycles. The fraction of sp³-hybridized carbons (Fsp3) is 0.273. The van der Waals surface area contributed by atoms with Crippen LogP contribution < -0.4 is 15.6 Å². The molecular weight excluding hydrogens is 506 g/mol. The number of aromatic nitrogens is 3. The molecule has 0 unspecified atom stereocenters. The number of rotatable bonds is 7. The predicted molar refractivity (Wildman–Crippen MR) is 132 cm³/mol. The van der Waals surface area contributed by atoms with Gasteiger partial charge in [-0.05, 0) is 18.6 Å². The second-order valence-corrected chi connectivity index (χ2v) is 10.2. The fourth-order valence-electron chi connectivity index (χ4n) is 4.26. The van der Waals surface area contributed by atoms with E-state index in [0.717, 1.165) is 22.5 Å². The highest BCUT2D eigenvalue weighted by atomic mass is 32.2. The molecule has 1 saturated heterocycles. The average Bonchev–Trinajstić information content (AvgIpc) is 3.45. The summed E-state index contributed by atoms with van der Waals surface area (Å²) in [5, 5.41) is 17.6. The van der Waals surface area contributed by atoms with E-state index in [0.29, 0.717) is 17.9 Å². The van der Waals surface area contributed by atoms with Gasteiger partial charge in [0.15, 0.2) is 10.8 Å². The molecule has 186 valence electrons. The van der Waals surface area contributed by atoms with Gasteiger partial charge in [-0.3, -0.25) is 14.5 Å². The lowest BCUT2D eigenvalue weighted by Gasteiger charge is -2.49. The van der Waals surface area contributed by atoms with Crippen LogP contribution in [-0.2, 0) is 25.8 Å². The molecule has 14 heteroatoms. The minimum Gasteiger partial charge on any atom is -0.477 e. The second-order valence-electron chi connectivity index (χ2n) is 8.21. The van der Waals surface area contributed by atoms with Crippen LogP contribution >= 0.6 is 23.1 Å². The Morgan fingerprint density at radius 1 is 1.42 bits per heavy atom. The van der Waals surface area contributed by atoms with Crippen LogP contribution in [0.1, 0.15) is 11.3 Å². The Labute approximate surface area is 213 Å². The Hall–Kier alpha value is -3.91. The normalized spacial score (nSPS) is 19.8. The zero-order valence-electron chi connectivity index (χ0n) is 19.2. The Balaban J connectivity index is 1.37. The number of nitrogens with one attached hydrogen (secondary N) is 1. The topological polar surface area (TPSA) is 156 Å². The molecule has 5 rings (SSSR count). The van der Waals surface area contributed by atoms with Crippen molar-refractivity contribution in [3.63, 3.8) is 0 Å². The lowest BCUT2D eigenvalue weighted by Crippen LogP contribution is -2.71. The first-order valence-electron chi connectivity index (χ1n) is 10.8. The standard InChI is InChI=1S/C22H21N7O5S2/c1-11-3-4-14-27(7-11)5-6-28(14)8-12-9-35-20-16(19(31)29(20)17(12)21(32)33)25-18(30)15(26-34-2)13-10-36-22(23)24-13/h3-7,10,16,20H,8-9H2,1-2H3,(H3-,23,24,25,30,32,33)/p+1/b26-15-/t16-,20-/m1/s1. The predicted octanol–water partition coefficient (Wildman–Crippen LogP) is 0.363. The SMILES string of the molecule is CO/N=C(\C(=O)N[C@@H]1C(=O)N2C(C(=O)O)=C(C[n+]3ccn4cc(C)ccc43)CS[C@H]12)c1csc(N)n1. The number of carbonyl (C=O) groups excluding carboxylic acids is 2. The number of imidazole rings is 1. The first-order chi connectivity index (χ1) is 17.3. The number of anilines is 1. The molecule has 5 heterocycles. The largest absolute Gasteiger partial charge is 0.477 e. The molecule has 12 nitrogen and oxygen atoms in total. The first-order valence-corrected chi connectivity index (χ1v) is 12.7. The van der Waals surface area contributed by atoms with Crippen LogP contribution in [0.4, 0.5) is 5.13 Å². The number of thioether (sulfide) groups is 1. The van der Waals surface area contributed by atoms with Gasteiger partial charge >= 0.3 is 5.97 Å². The molecule has 0 saturated carbocycles. The molecule has 36 heavy (non-hydrogen) atoms. The number of pyridine rings is 1. The maximum absolute atomic E-state index is 13.1. The lowest BCUT2D eigenvalue weighted by atomic mass is 10.0. The van der Waals surface area contributed by atoms with E-state index in [1.807, 2.05) is 46.6 Å². The zero-order chi connectivity index (χ0) is 25.6. The van der Waals surface area contributed by atoms with E-state index >= 15 is 0 Å². The van der Waals surface area contributed by atoms with Crippen molar-refractivity contribution in [1.29, 1.82) is 0 Å². The summed E-state index contributed by atoms with van der Waals surface area (Å²) in [5.74, 6) is -1.97. The molecule has 4 N–H and O–H groups in total. The molecule has 1 fully saturated rings. The number of carboxylic acids is 1. The monoisotopic (exact) mass is 528 g/mol. The number of aliphatic carboxylic acids is 1. The Morgan fingerprint density at radius 2 is 2.22 bits per heavy atom.